The molecule has 1 aromatic rings. The highest BCUT2D eigenvalue weighted by molar-refractivity contribution is 8.06. The molecule has 6 heteroatoms. The summed E-state index contributed by atoms with van der Waals surface area (Å²) in [4.78, 5) is 15.3. The van der Waals surface area contributed by atoms with Gasteiger partial charge in [0.25, 0.3) is 5.91 Å². The SMILES string of the molecule is O=C(NCC1CSCCS1)c1ccncc1F. The van der Waals surface area contributed by atoms with Gasteiger partial charge in [-0.25, -0.2) is 4.39 Å². The molecule has 1 aliphatic rings. The highest BCUT2D eigenvalue weighted by atomic mass is 32.2. The van der Waals surface area contributed by atoms with Gasteiger partial charge in [-0.1, -0.05) is 0 Å². The van der Waals surface area contributed by atoms with E-state index in [1.165, 1.54) is 18.0 Å². The van der Waals surface area contributed by atoms with Crippen molar-refractivity contribution in [3.05, 3.63) is 29.8 Å². The molecular weight excluding hydrogens is 259 g/mol. The second-order valence-electron chi connectivity index (χ2n) is 3.63. The molecule has 0 aromatic carbocycles. The van der Waals surface area contributed by atoms with Crippen molar-refractivity contribution < 1.29 is 9.18 Å². The van der Waals surface area contributed by atoms with Crippen LogP contribution in [-0.2, 0) is 0 Å². The minimum absolute atomic E-state index is 0.0634. The molecular formula is C11H13FN2OS2. The standard InChI is InChI=1S/C11H13FN2OS2/c12-10-6-13-2-1-9(10)11(15)14-5-8-7-16-3-4-17-8/h1-2,6,8H,3-5,7H2,(H,14,15). The summed E-state index contributed by atoms with van der Waals surface area (Å²) < 4.78 is 13.3. The smallest absolute Gasteiger partial charge is 0.254 e. The van der Waals surface area contributed by atoms with Crippen molar-refractivity contribution in [1.29, 1.82) is 0 Å². The van der Waals surface area contributed by atoms with Crippen molar-refractivity contribution in [1.82, 2.24) is 10.3 Å². The maximum absolute atomic E-state index is 13.3. The lowest BCUT2D eigenvalue weighted by Crippen LogP contribution is -2.33. The topological polar surface area (TPSA) is 42.0 Å². The molecule has 1 N–H and O–H groups in total. The van der Waals surface area contributed by atoms with Crippen LogP contribution in [0.2, 0.25) is 0 Å². The molecule has 0 spiro atoms. The largest absolute Gasteiger partial charge is 0.351 e. The predicted molar refractivity (Wildman–Crippen MR) is 70.1 cm³/mol. The van der Waals surface area contributed by atoms with Gasteiger partial charge in [0, 0.05) is 35.3 Å². The van der Waals surface area contributed by atoms with Crippen LogP contribution in [0.25, 0.3) is 0 Å². The minimum Gasteiger partial charge on any atom is -0.351 e. The van der Waals surface area contributed by atoms with Crippen LogP contribution in [-0.4, -0.2) is 39.9 Å². The average molecular weight is 272 g/mol. The molecule has 3 nitrogen and oxygen atoms in total. The molecule has 2 rings (SSSR count). The van der Waals surface area contributed by atoms with Crippen LogP contribution in [0.3, 0.4) is 0 Å². The summed E-state index contributed by atoms with van der Waals surface area (Å²) in [6, 6.07) is 1.40. The molecule has 2 heterocycles. The summed E-state index contributed by atoms with van der Waals surface area (Å²) in [7, 11) is 0. The number of nitrogens with one attached hydrogen (secondary N) is 1. The van der Waals surface area contributed by atoms with Crippen molar-refractivity contribution in [2.24, 2.45) is 0 Å². The van der Waals surface area contributed by atoms with E-state index in [4.69, 9.17) is 0 Å². The first-order chi connectivity index (χ1) is 8.27. The number of hydrogen-bond acceptors (Lipinski definition) is 4. The number of carbonyl (C=O) groups is 1. The highest BCUT2D eigenvalue weighted by Crippen LogP contribution is 2.23. The Kier molecular flexibility index (Phi) is 4.67. The average Bonchev–Trinajstić information content (AvgIpc) is 2.38. The first-order valence-electron chi connectivity index (χ1n) is 5.34. The molecule has 1 aromatic heterocycles. The number of amides is 1. The van der Waals surface area contributed by atoms with Gasteiger partial charge in [0.15, 0.2) is 5.82 Å². The van der Waals surface area contributed by atoms with Crippen LogP contribution >= 0.6 is 23.5 Å². The monoisotopic (exact) mass is 272 g/mol. The van der Waals surface area contributed by atoms with E-state index in [1.807, 2.05) is 23.5 Å². The lowest BCUT2D eigenvalue weighted by Gasteiger charge is -2.21. The van der Waals surface area contributed by atoms with Crippen LogP contribution in [0.15, 0.2) is 18.5 Å². The third-order valence-corrected chi connectivity index (χ3v) is 5.24. The summed E-state index contributed by atoms with van der Waals surface area (Å²) in [5.74, 6) is 2.41. The second-order valence-corrected chi connectivity index (χ2v) is 6.19. The number of thioether (sulfide) groups is 2. The van der Waals surface area contributed by atoms with Crippen LogP contribution < -0.4 is 5.32 Å². The normalized spacial score (nSPS) is 19.9. The fourth-order valence-electron chi connectivity index (χ4n) is 1.52. The number of pyridine rings is 1. The van der Waals surface area contributed by atoms with Gasteiger partial charge in [-0.15, -0.1) is 0 Å². The summed E-state index contributed by atoms with van der Waals surface area (Å²) in [6.07, 6.45) is 2.48. The molecule has 0 radical (unpaired) electrons. The molecule has 92 valence electrons. The number of nitrogens with zero attached hydrogens (tertiary/aromatic N) is 1. The molecule has 0 bridgehead atoms. The maximum atomic E-state index is 13.3. The Morgan fingerprint density at radius 3 is 3.18 bits per heavy atom. The van der Waals surface area contributed by atoms with E-state index >= 15 is 0 Å². The van der Waals surface area contributed by atoms with E-state index in [0.717, 1.165) is 17.7 Å². The Labute approximate surface area is 108 Å². The number of rotatable bonds is 3. The van der Waals surface area contributed by atoms with Crippen LogP contribution in [0.4, 0.5) is 4.39 Å². The van der Waals surface area contributed by atoms with Gasteiger partial charge in [-0.05, 0) is 6.07 Å². The summed E-state index contributed by atoms with van der Waals surface area (Å²) >= 11 is 3.76. The van der Waals surface area contributed by atoms with Gasteiger partial charge >= 0.3 is 0 Å². The molecule has 1 unspecified atom stereocenters. The van der Waals surface area contributed by atoms with Gasteiger partial charge in [0.1, 0.15) is 0 Å². The minimum atomic E-state index is -0.573. The van der Waals surface area contributed by atoms with Crippen molar-refractivity contribution in [2.45, 2.75) is 5.25 Å². The molecule has 1 amide bonds. The number of aromatic nitrogens is 1. The highest BCUT2D eigenvalue weighted by Gasteiger charge is 2.17. The Bertz CT molecular complexity index is 397. The maximum Gasteiger partial charge on any atom is 0.254 e. The lowest BCUT2D eigenvalue weighted by atomic mass is 10.2. The van der Waals surface area contributed by atoms with Crippen LogP contribution in [0.1, 0.15) is 10.4 Å². The van der Waals surface area contributed by atoms with E-state index in [0.29, 0.717) is 11.8 Å². The number of carbonyl (C=O) groups excluding carboxylic acids is 1. The third-order valence-electron chi connectivity index (χ3n) is 2.39. The van der Waals surface area contributed by atoms with Gasteiger partial charge in [-0.2, -0.15) is 23.5 Å². The third kappa shape index (κ3) is 3.61. The van der Waals surface area contributed by atoms with E-state index in [1.54, 1.807) is 0 Å². The van der Waals surface area contributed by atoms with Crippen LogP contribution in [0.5, 0.6) is 0 Å². The van der Waals surface area contributed by atoms with Crippen molar-refractivity contribution >= 4 is 29.4 Å². The van der Waals surface area contributed by atoms with Gasteiger partial charge in [0.05, 0.1) is 11.8 Å². The zero-order chi connectivity index (χ0) is 12.1. The van der Waals surface area contributed by atoms with E-state index in [9.17, 15) is 9.18 Å². The van der Waals surface area contributed by atoms with Gasteiger partial charge < -0.3 is 5.32 Å². The van der Waals surface area contributed by atoms with Gasteiger partial charge in [0.2, 0.25) is 0 Å². The Hall–Kier alpha value is -0.750. The molecule has 1 atom stereocenters. The quantitative estimate of drug-likeness (QED) is 0.911. The Morgan fingerprint density at radius 1 is 1.59 bits per heavy atom. The summed E-state index contributed by atoms with van der Waals surface area (Å²) in [5, 5.41) is 3.20. The van der Waals surface area contributed by atoms with E-state index < -0.39 is 5.82 Å². The lowest BCUT2D eigenvalue weighted by molar-refractivity contribution is 0.0950. The summed E-state index contributed by atoms with van der Waals surface area (Å²) in [5.41, 5.74) is 0.0634. The van der Waals surface area contributed by atoms with Crippen molar-refractivity contribution in [3.8, 4) is 0 Å². The fraction of sp³-hybridized carbons (Fsp3) is 0.455. The first-order valence-corrected chi connectivity index (χ1v) is 7.55. The van der Waals surface area contributed by atoms with Crippen molar-refractivity contribution in [2.75, 3.05) is 23.8 Å². The van der Waals surface area contributed by atoms with Crippen molar-refractivity contribution in [3.63, 3.8) is 0 Å². The Morgan fingerprint density at radius 2 is 2.47 bits per heavy atom. The van der Waals surface area contributed by atoms with Gasteiger partial charge in [-0.3, -0.25) is 9.78 Å². The predicted octanol–water partition coefficient (Wildman–Crippen LogP) is 1.80. The second kappa shape index (κ2) is 6.26. The zero-order valence-electron chi connectivity index (χ0n) is 9.19. The zero-order valence-corrected chi connectivity index (χ0v) is 10.8. The van der Waals surface area contributed by atoms with E-state index in [-0.39, 0.29) is 11.5 Å². The molecule has 17 heavy (non-hydrogen) atoms. The Balaban J connectivity index is 1.87. The van der Waals surface area contributed by atoms with Crippen LogP contribution in [0, 0.1) is 5.82 Å². The molecule has 0 saturated carbocycles. The fourth-order valence-corrected chi connectivity index (χ4v) is 4.13. The number of hydrogen-bond donors (Lipinski definition) is 1. The van der Waals surface area contributed by atoms with E-state index in [2.05, 4.69) is 10.3 Å². The number of halogens is 1. The molecule has 1 fully saturated rings. The molecule has 0 aliphatic carbocycles. The summed E-state index contributed by atoms with van der Waals surface area (Å²) in [6.45, 7) is 0.595. The molecule has 1 saturated heterocycles. The first kappa shape index (κ1) is 12.7. The molecule has 1 aliphatic heterocycles.